The minimum absolute atomic E-state index is 0.0210. The van der Waals surface area contributed by atoms with Gasteiger partial charge in [-0.25, -0.2) is 9.37 Å². The van der Waals surface area contributed by atoms with E-state index in [1.165, 1.54) is 18.4 Å². The number of benzene rings is 1. The van der Waals surface area contributed by atoms with Crippen LogP contribution in [-0.4, -0.2) is 30.6 Å². The summed E-state index contributed by atoms with van der Waals surface area (Å²) in [6.07, 6.45) is 2.23. The van der Waals surface area contributed by atoms with Crippen LogP contribution in [0.1, 0.15) is 22.8 Å². The van der Waals surface area contributed by atoms with Crippen molar-refractivity contribution in [2.45, 2.75) is 13.0 Å². The summed E-state index contributed by atoms with van der Waals surface area (Å²) >= 11 is 0. The highest BCUT2D eigenvalue weighted by Crippen LogP contribution is 2.14. The smallest absolute Gasteiger partial charge is 0.273 e. The molecule has 6 nitrogen and oxygen atoms in total. The number of nitrogens with one attached hydrogen (secondary N) is 1. The van der Waals surface area contributed by atoms with E-state index in [1.807, 2.05) is 0 Å². The summed E-state index contributed by atoms with van der Waals surface area (Å²) in [4.78, 5) is 16.0. The fraction of sp³-hybridized carbons (Fsp3) is 0.375. The third-order valence-corrected chi connectivity index (χ3v) is 3.52. The van der Waals surface area contributed by atoms with Crippen LogP contribution >= 0.6 is 0 Å². The van der Waals surface area contributed by atoms with Crippen LogP contribution in [0.4, 0.5) is 4.39 Å². The van der Waals surface area contributed by atoms with Gasteiger partial charge in [0.1, 0.15) is 17.8 Å². The van der Waals surface area contributed by atoms with E-state index in [-0.39, 0.29) is 29.9 Å². The average molecular weight is 320 g/mol. The van der Waals surface area contributed by atoms with Gasteiger partial charge in [0.25, 0.3) is 5.91 Å². The molecule has 3 rings (SSSR count). The molecule has 1 atom stereocenters. The average Bonchev–Trinajstić information content (AvgIpc) is 3.22. The number of carbonyl (C=O) groups is 1. The number of carbonyl (C=O) groups excluding carboxylic acids is 1. The lowest BCUT2D eigenvalue weighted by atomic mass is 10.1. The molecule has 2 heterocycles. The predicted octanol–water partition coefficient (Wildman–Crippen LogP) is 2.16. The van der Waals surface area contributed by atoms with Crippen molar-refractivity contribution in [1.82, 2.24) is 10.3 Å². The van der Waals surface area contributed by atoms with E-state index in [0.717, 1.165) is 13.0 Å². The van der Waals surface area contributed by atoms with Crippen LogP contribution in [0.3, 0.4) is 0 Å². The number of amides is 1. The van der Waals surface area contributed by atoms with Gasteiger partial charge in [-0.15, -0.1) is 0 Å². The first kappa shape index (κ1) is 15.5. The summed E-state index contributed by atoms with van der Waals surface area (Å²) in [5.74, 6) is 0.296. The lowest BCUT2D eigenvalue weighted by Gasteiger charge is -2.07. The van der Waals surface area contributed by atoms with Gasteiger partial charge in [0.15, 0.2) is 12.3 Å². The topological polar surface area (TPSA) is 73.6 Å². The van der Waals surface area contributed by atoms with Crippen LogP contribution in [0.25, 0.3) is 0 Å². The summed E-state index contributed by atoms with van der Waals surface area (Å²) in [6.45, 7) is 1.99. The molecule has 1 saturated heterocycles. The van der Waals surface area contributed by atoms with Crippen LogP contribution in [0, 0.1) is 11.7 Å². The van der Waals surface area contributed by atoms with Crippen molar-refractivity contribution in [3.8, 4) is 5.75 Å². The van der Waals surface area contributed by atoms with E-state index in [1.54, 1.807) is 12.1 Å². The first-order chi connectivity index (χ1) is 11.2. The van der Waals surface area contributed by atoms with E-state index >= 15 is 0 Å². The molecule has 0 unspecified atom stereocenters. The van der Waals surface area contributed by atoms with E-state index < -0.39 is 0 Å². The van der Waals surface area contributed by atoms with Crippen molar-refractivity contribution < 1.29 is 23.1 Å². The monoisotopic (exact) mass is 320 g/mol. The Morgan fingerprint density at radius 2 is 2.39 bits per heavy atom. The number of oxazole rings is 1. The molecule has 0 aliphatic carbocycles. The normalized spacial score (nSPS) is 17.2. The molecule has 1 aromatic heterocycles. The fourth-order valence-electron chi connectivity index (χ4n) is 2.26. The number of nitrogens with zero attached hydrogens (tertiary/aromatic N) is 1. The zero-order valence-corrected chi connectivity index (χ0v) is 12.5. The van der Waals surface area contributed by atoms with Crippen molar-refractivity contribution in [3.05, 3.63) is 47.9 Å². The predicted molar refractivity (Wildman–Crippen MR) is 78.5 cm³/mol. The number of rotatable bonds is 6. The molecule has 1 amide bonds. The zero-order chi connectivity index (χ0) is 16.1. The minimum atomic E-state index is -0.383. The molecule has 0 bridgehead atoms. The van der Waals surface area contributed by atoms with Gasteiger partial charge < -0.3 is 19.2 Å². The molecule has 0 saturated carbocycles. The van der Waals surface area contributed by atoms with Crippen molar-refractivity contribution in [1.29, 1.82) is 0 Å². The van der Waals surface area contributed by atoms with E-state index in [0.29, 0.717) is 24.8 Å². The van der Waals surface area contributed by atoms with Crippen LogP contribution in [0.5, 0.6) is 5.75 Å². The molecule has 23 heavy (non-hydrogen) atoms. The van der Waals surface area contributed by atoms with E-state index in [4.69, 9.17) is 13.9 Å². The quantitative estimate of drug-likeness (QED) is 0.883. The van der Waals surface area contributed by atoms with Crippen LogP contribution in [0.15, 0.2) is 34.9 Å². The van der Waals surface area contributed by atoms with Crippen molar-refractivity contribution in [2.75, 3.05) is 19.8 Å². The molecular weight excluding hydrogens is 303 g/mol. The van der Waals surface area contributed by atoms with Gasteiger partial charge in [-0.2, -0.15) is 0 Å². The summed E-state index contributed by atoms with van der Waals surface area (Å²) in [5.41, 5.74) is 0.196. The molecule has 122 valence electrons. The first-order valence-electron chi connectivity index (χ1n) is 7.39. The number of hydrogen-bond donors (Lipinski definition) is 1. The Morgan fingerprint density at radius 1 is 1.48 bits per heavy atom. The Bertz CT molecular complexity index is 668. The highest BCUT2D eigenvalue weighted by Gasteiger charge is 2.18. The number of aromatic nitrogens is 1. The first-order valence-corrected chi connectivity index (χ1v) is 7.39. The maximum atomic E-state index is 13.0. The molecule has 1 fully saturated rings. The number of ether oxygens (including phenoxy) is 2. The third kappa shape index (κ3) is 4.29. The maximum absolute atomic E-state index is 13.0. The van der Waals surface area contributed by atoms with Gasteiger partial charge in [-0.1, -0.05) is 6.07 Å². The van der Waals surface area contributed by atoms with Gasteiger partial charge in [0, 0.05) is 25.1 Å². The Hall–Kier alpha value is -2.41. The van der Waals surface area contributed by atoms with E-state index in [9.17, 15) is 9.18 Å². The maximum Gasteiger partial charge on any atom is 0.273 e. The molecule has 0 spiro atoms. The second kappa shape index (κ2) is 7.23. The summed E-state index contributed by atoms with van der Waals surface area (Å²) in [6, 6.07) is 5.77. The molecule has 2 aromatic rings. The second-order valence-corrected chi connectivity index (χ2v) is 5.31. The minimum Gasteiger partial charge on any atom is -0.484 e. The second-order valence-electron chi connectivity index (χ2n) is 5.31. The SMILES string of the molecule is O=C(NC[C@@H]1CCOC1)c1coc(COc2cccc(F)c2)n1. The lowest BCUT2D eigenvalue weighted by Crippen LogP contribution is -2.29. The highest BCUT2D eigenvalue weighted by molar-refractivity contribution is 5.91. The van der Waals surface area contributed by atoms with E-state index in [2.05, 4.69) is 10.3 Å². The van der Waals surface area contributed by atoms with Gasteiger partial charge >= 0.3 is 0 Å². The lowest BCUT2D eigenvalue weighted by molar-refractivity contribution is 0.0940. The fourth-order valence-corrected chi connectivity index (χ4v) is 2.26. The Kier molecular flexibility index (Phi) is 4.87. The third-order valence-electron chi connectivity index (χ3n) is 3.52. The number of halogens is 1. The van der Waals surface area contributed by atoms with Gasteiger partial charge in [0.05, 0.1) is 6.61 Å². The van der Waals surface area contributed by atoms with Crippen molar-refractivity contribution in [2.24, 2.45) is 5.92 Å². The van der Waals surface area contributed by atoms with Crippen molar-refractivity contribution in [3.63, 3.8) is 0 Å². The zero-order valence-electron chi connectivity index (χ0n) is 12.5. The molecular formula is C16H17FN2O4. The highest BCUT2D eigenvalue weighted by atomic mass is 19.1. The molecule has 7 heteroatoms. The van der Waals surface area contributed by atoms with Crippen LogP contribution < -0.4 is 10.1 Å². The molecule has 1 aliphatic heterocycles. The summed E-state index contributed by atoms with van der Waals surface area (Å²) in [5, 5.41) is 2.80. The summed E-state index contributed by atoms with van der Waals surface area (Å²) < 4.78 is 28.8. The van der Waals surface area contributed by atoms with Gasteiger partial charge in [-0.05, 0) is 18.6 Å². The molecule has 0 radical (unpaired) electrons. The molecule has 1 aliphatic rings. The van der Waals surface area contributed by atoms with Gasteiger partial charge in [0.2, 0.25) is 5.89 Å². The Labute approximate surface area is 132 Å². The van der Waals surface area contributed by atoms with Crippen LogP contribution in [0.2, 0.25) is 0 Å². The standard InChI is InChI=1S/C16H17FN2O4/c17-12-2-1-3-13(6-12)22-10-15-19-14(9-23-15)16(20)18-7-11-4-5-21-8-11/h1-3,6,9,11H,4-5,7-8,10H2,(H,18,20)/t11-/m0/s1. The summed E-state index contributed by atoms with van der Waals surface area (Å²) in [7, 11) is 0. The largest absolute Gasteiger partial charge is 0.484 e. The Morgan fingerprint density at radius 3 is 3.17 bits per heavy atom. The number of hydrogen-bond acceptors (Lipinski definition) is 5. The Balaban J connectivity index is 1.49. The van der Waals surface area contributed by atoms with Crippen molar-refractivity contribution >= 4 is 5.91 Å². The van der Waals surface area contributed by atoms with Crippen LogP contribution in [-0.2, 0) is 11.3 Å². The molecule has 1 N–H and O–H groups in total. The molecule has 1 aromatic carbocycles. The van der Waals surface area contributed by atoms with Gasteiger partial charge in [-0.3, -0.25) is 4.79 Å².